The second kappa shape index (κ2) is 8.94. The molecular weight excluding hydrogens is 313 g/mol. The Bertz CT molecular complexity index is 352. The van der Waals surface area contributed by atoms with E-state index >= 15 is 0 Å². The third-order valence-corrected chi connectivity index (χ3v) is 4.22. The minimum atomic E-state index is -0.108. The summed E-state index contributed by atoms with van der Waals surface area (Å²) in [6, 6.07) is 5.50. The zero-order valence-electron chi connectivity index (χ0n) is 11.0. The Morgan fingerprint density at radius 3 is 2.83 bits per heavy atom. The predicted octanol–water partition coefficient (Wildman–Crippen LogP) is 4.25. The van der Waals surface area contributed by atoms with Gasteiger partial charge < -0.3 is 5.32 Å². The van der Waals surface area contributed by atoms with Gasteiger partial charge in [-0.15, -0.1) is 0 Å². The molecule has 0 bridgehead atoms. The number of hydrogen-bond donors (Lipinski definition) is 1. The van der Waals surface area contributed by atoms with Crippen LogP contribution in [0.1, 0.15) is 25.8 Å². The van der Waals surface area contributed by atoms with E-state index in [0.29, 0.717) is 6.04 Å². The van der Waals surface area contributed by atoms with E-state index in [4.69, 9.17) is 0 Å². The van der Waals surface area contributed by atoms with E-state index in [9.17, 15) is 4.39 Å². The van der Waals surface area contributed by atoms with Crippen molar-refractivity contribution < 1.29 is 4.39 Å². The Kier molecular flexibility index (Phi) is 7.95. The lowest BCUT2D eigenvalue weighted by Gasteiger charge is -2.18. The summed E-state index contributed by atoms with van der Waals surface area (Å²) in [4.78, 5) is 0. The molecule has 0 saturated heterocycles. The van der Waals surface area contributed by atoms with Crippen molar-refractivity contribution in [1.29, 1.82) is 0 Å². The molecule has 0 aliphatic carbocycles. The smallest absolute Gasteiger partial charge is 0.126 e. The summed E-state index contributed by atoms with van der Waals surface area (Å²) in [7, 11) is 0. The van der Waals surface area contributed by atoms with Crippen LogP contribution in [0.3, 0.4) is 0 Å². The predicted molar refractivity (Wildman–Crippen MR) is 82.9 cm³/mol. The maximum Gasteiger partial charge on any atom is 0.126 e. The fraction of sp³-hybridized carbons (Fsp3) is 0.571. The molecule has 0 aliphatic rings. The Morgan fingerprint density at radius 2 is 2.17 bits per heavy atom. The number of rotatable bonds is 8. The van der Waals surface area contributed by atoms with Gasteiger partial charge in [0.05, 0.1) is 0 Å². The van der Waals surface area contributed by atoms with Crippen LogP contribution in [-0.4, -0.2) is 24.1 Å². The van der Waals surface area contributed by atoms with E-state index in [0.717, 1.165) is 40.9 Å². The number of hydrogen-bond acceptors (Lipinski definition) is 2. The molecule has 1 atom stereocenters. The highest BCUT2D eigenvalue weighted by Crippen LogP contribution is 2.18. The number of benzene rings is 1. The van der Waals surface area contributed by atoms with Crippen LogP contribution < -0.4 is 5.32 Å². The Morgan fingerprint density at radius 1 is 1.39 bits per heavy atom. The van der Waals surface area contributed by atoms with Crippen LogP contribution in [0, 0.1) is 5.82 Å². The highest BCUT2D eigenvalue weighted by molar-refractivity contribution is 9.10. The summed E-state index contributed by atoms with van der Waals surface area (Å²) in [5.74, 6) is 2.02. The molecule has 0 spiro atoms. The van der Waals surface area contributed by atoms with Crippen molar-refractivity contribution in [3.05, 3.63) is 34.1 Å². The molecule has 0 heterocycles. The zero-order chi connectivity index (χ0) is 13.4. The second-order valence-electron chi connectivity index (χ2n) is 4.25. The average molecular weight is 334 g/mol. The minimum Gasteiger partial charge on any atom is -0.313 e. The van der Waals surface area contributed by atoms with Crippen LogP contribution in [0.2, 0.25) is 0 Å². The lowest BCUT2D eigenvalue weighted by molar-refractivity contribution is 0.530. The van der Waals surface area contributed by atoms with Gasteiger partial charge in [-0.2, -0.15) is 11.8 Å². The minimum absolute atomic E-state index is 0.108. The van der Waals surface area contributed by atoms with Gasteiger partial charge in [0.1, 0.15) is 5.82 Å². The number of nitrogens with one attached hydrogen (secondary N) is 1. The van der Waals surface area contributed by atoms with Gasteiger partial charge in [-0.05, 0) is 48.9 Å². The van der Waals surface area contributed by atoms with Crippen LogP contribution in [0.15, 0.2) is 22.7 Å². The van der Waals surface area contributed by atoms with Gasteiger partial charge in [-0.3, -0.25) is 0 Å². The molecule has 102 valence electrons. The van der Waals surface area contributed by atoms with Gasteiger partial charge in [-0.25, -0.2) is 4.39 Å². The molecule has 1 aromatic carbocycles. The van der Waals surface area contributed by atoms with Gasteiger partial charge >= 0.3 is 0 Å². The molecule has 1 aromatic rings. The van der Waals surface area contributed by atoms with Gasteiger partial charge in [-0.1, -0.05) is 29.8 Å². The first-order chi connectivity index (χ1) is 8.67. The third-order valence-electron chi connectivity index (χ3n) is 2.68. The molecule has 0 fully saturated rings. The summed E-state index contributed by atoms with van der Waals surface area (Å²) in [5, 5.41) is 3.50. The van der Waals surface area contributed by atoms with Crippen molar-refractivity contribution in [2.45, 2.75) is 32.7 Å². The van der Waals surface area contributed by atoms with Crippen molar-refractivity contribution in [3.8, 4) is 0 Å². The zero-order valence-corrected chi connectivity index (χ0v) is 13.4. The maximum absolute atomic E-state index is 13.7. The first kappa shape index (κ1) is 16.0. The molecule has 0 amide bonds. The van der Waals surface area contributed by atoms with Crippen LogP contribution in [0.25, 0.3) is 0 Å². The summed E-state index contributed by atoms with van der Waals surface area (Å²) in [6.07, 6.45) is 1.85. The van der Waals surface area contributed by atoms with E-state index < -0.39 is 0 Å². The monoisotopic (exact) mass is 333 g/mol. The van der Waals surface area contributed by atoms with Gasteiger partial charge in [0.25, 0.3) is 0 Å². The molecule has 1 unspecified atom stereocenters. The highest BCUT2D eigenvalue weighted by atomic mass is 79.9. The van der Waals surface area contributed by atoms with Gasteiger partial charge in [0.15, 0.2) is 0 Å². The molecule has 1 rings (SSSR count). The molecule has 0 radical (unpaired) electrons. The van der Waals surface area contributed by atoms with Crippen LogP contribution >= 0.6 is 27.7 Å². The van der Waals surface area contributed by atoms with E-state index in [1.165, 1.54) is 6.07 Å². The fourth-order valence-corrected chi connectivity index (χ4v) is 2.93. The normalized spacial score (nSPS) is 12.7. The van der Waals surface area contributed by atoms with Gasteiger partial charge in [0.2, 0.25) is 0 Å². The molecule has 18 heavy (non-hydrogen) atoms. The van der Waals surface area contributed by atoms with Gasteiger partial charge in [0, 0.05) is 16.3 Å². The maximum atomic E-state index is 13.7. The van der Waals surface area contributed by atoms with Crippen molar-refractivity contribution >= 4 is 27.7 Å². The lowest BCUT2D eigenvalue weighted by atomic mass is 10.1. The molecule has 1 N–H and O–H groups in total. The first-order valence-electron chi connectivity index (χ1n) is 6.42. The Balaban J connectivity index is 2.65. The number of halogens is 2. The molecule has 0 saturated carbocycles. The van der Waals surface area contributed by atoms with E-state index in [1.54, 1.807) is 6.07 Å². The largest absolute Gasteiger partial charge is 0.313 e. The molecule has 0 aromatic heterocycles. The van der Waals surface area contributed by atoms with Crippen molar-refractivity contribution in [2.75, 3.05) is 18.1 Å². The topological polar surface area (TPSA) is 12.0 Å². The van der Waals surface area contributed by atoms with E-state index in [2.05, 4.69) is 35.1 Å². The fourth-order valence-electron chi connectivity index (χ4n) is 1.76. The highest BCUT2D eigenvalue weighted by Gasteiger charge is 2.12. The summed E-state index contributed by atoms with van der Waals surface area (Å²) >= 11 is 5.30. The summed E-state index contributed by atoms with van der Waals surface area (Å²) < 4.78 is 14.7. The molecular formula is C14H21BrFNS. The standard InChI is InChI=1S/C14H21BrFNS/c1-3-7-17-13(10-18-4-2)9-11-8-12(15)5-6-14(11)16/h5-6,8,13,17H,3-4,7,9-10H2,1-2H3. The van der Waals surface area contributed by atoms with Crippen LogP contribution in [0.5, 0.6) is 0 Å². The van der Waals surface area contributed by atoms with Crippen molar-refractivity contribution in [3.63, 3.8) is 0 Å². The SMILES string of the molecule is CCCNC(CSCC)Cc1cc(Br)ccc1F. The lowest BCUT2D eigenvalue weighted by Crippen LogP contribution is -2.34. The first-order valence-corrected chi connectivity index (χ1v) is 8.37. The molecule has 1 nitrogen and oxygen atoms in total. The summed E-state index contributed by atoms with van der Waals surface area (Å²) in [5.41, 5.74) is 0.787. The average Bonchev–Trinajstić information content (AvgIpc) is 2.37. The summed E-state index contributed by atoms with van der Waals surface area (Å²) in [6.45, 7) is 5.29. The quantitative estimate of drug-likeness (QED) is 0.763. The van der Waals surface area contributed by atoms with E-state index in [-0.39, 0.29) is 5.82 Å². The second-order valence-corrected chi connectivity index (χ2v) is 6.48. The number of thioether (sulfide) groups is 1. The van der Waals surface area contributed by atoms with Crippen molar-refractivity contribution in [1.82, 2.24) is 5.32 Å². The molecule has 0 aliphatic heterocycles. The Hall–Kier alpha value is -0.0600. The van der Waals surface area contributed by atoms with Crippen LogP contribution in [-0.2, 0) is 6.42 Å². The van der Waals surface area contributed by atoms with Crippen LogP contribution in [0.4, 0.5) is 4.39 Å². The molecule has 4 heteroatoms. The Labute approximate surface area is 122 Å². The third kappa shape index (κ3) is 5.72. The van der Waals surface area contributed by atoms with Crippen molar-refractivity contribution in [2.24, 2.45) is 0 Å². The van der Waals surface area contributed by atoms with E-state index in [1.807, 2.05) is 17.8 Å².